The Morgan fingerprint density at radius 2 is 2.00 bits per heavy atom. The van der Waals surface area contributed by atoms with Gasteiger partial charge in [-0.3, -0.25) is 4.90 Å². The molecule has 0 N–H and O–H groups in total. The van der Waals surface area contributed by atoms with Gasteiger partial charge in [-0.15, -0.1) is 0 Å². The fourth-order valence-electron chi connectivity index (χ4n) is 1.58. The first-order valence-electron chi connectivity index (χ1n) is 5.52. The zero-order chi connectivity index (χ0) is 12.0. The van der Waals surface area contributed by atoms with E-state index >= 15 is 0 Å². The van der Waals surface area contributed by atoms with E-state index in [1.165, 1.54) is 5.56 Å². The van der Waals surface area contributed by atoms with Crippen molar-refractivity contribution in [3.63, 3.8) is 0 Å². The Hall–Kier alpha value is -1.04. The first kappa shape index (κ1) is 13.0. The molecule has 0 aliphatic rings. The summed E-state index contributed by atoms with van der Waals surface area (Å²) >= 11 is 5.83. The molecule has 0 fully saturated rings. The lowest BCUT2D eigenvalue weighted by atomic mass is 10.1. The highest BCUT2D eigenvalue weighted by atomic mass is 35.5. The van der Waals surface area contributed by atoms with Crippen LogP contribution in [0.1, 0.15) is 19.4 Å². The molecule has 0 saturated heterocycles. The van der Waals surface area contributed by atoms with Gasteiger partial charge >= 0.3 is 0 Å². The molecule has 16 heavy (non-hydrogen) atoms. The van der Waals surface area contributed by atoms with Crippen molar-refractivity contribution in [2.24, 2.45) is 5.92 Å². The predicted molar refractivity (Wildman–Crippen MR) is 67.2 cm³/mol. The third kappa shape index (κ3) is 4.22. The Labute approximate surface area is 102 Å². The molecule has 0 aromatic heterocycles. The van der Waals surface area contributed by atoms with E-state index in [1.807, 2.05) is 31.2 Å². The van der Waals surface area contributed by atoms with Gasteiger partial charge in [0.15, 0.2) is 0 Å². The van der Waals surface area contributed by atoms with Crippen LogP contribution in [0.5, 0.6) is 0 Å². The van der Waals surface area contributed by atoms with Gasteiger partial charge in [0.1, 0.15) is 0 Å². The first-order chi connectivity index (χ1) is 7.65. The van der Waals surface area contributed by atoms with Gasteiger partial charge < -0.3 is 0 Å². The van der Waals surface area contributed by atoms with E-state index in [0.29, 0.717) is 0 Å². The largest absolute Gasteiger partial charge is 0.298 e. The summed E-state index contributed by atoms with van der Waals surface area (Å²) in [5.74, 6) is 0.0762. The lowest BCUT2D eigenvalue weighted by Gasteiger charge is -2.21. The molecular formula is C13H17ClN2. The van der Waals surface area contributed by atoms with Crippen molar-refractivity contribution in [3.05, 3.63) is 34.9 Å². The van der Waals surface area contributed by atoms with Gasteiger partial charge in [-0.25, -0.2) is 0 Å². The highest BCUT2D eigenvalue weighted by molar-refractivity contribution is 6.30. The van der Waals surface area contributed by atoms with Crippen LogP contribution in [0.15, 0.2) is 24.3 Å². The molecule has 0 radical (unpaired) electrons. The predicted octanol–water partition coefficient (Wildman–Crippen LogP) is 3.32. The van der Waals surface area contributed by atoms with Crippen LogP contribution >= 0.6 is 11.6 Å². The number of benzene rings is 1. The maximum atomic E-state index is 8.79. The summed E-state index contributed by atoms with van der Waals surface area (Å²) in [5, 5.41) is 9.55. The lowest BCUT2D eigenvalue weighted by Crippen LogP contribution is -2.27. The van der Waals surface area contributed by atoms with E-state index < -0.39 is 0 Å². The van der Waals surface area contributed by atoms with Crippen molar-refractivity contribution in [1.29, 1.82) is 5.26 Å². The highest BCUT2D eigenvalue weighted by Crippen LogP contribution is 2.12. The standard InChI is InChI=1S/C13H17ClN2/c1-3-16(9-11(2)8-15)10-12-4-6-13(14)7-5-12/h4-7,11H,3,9-10H2,1-2H3. The van der Waals surface area contributed by atoms with Crippen molar-refractivity contribution in [2.75, 3.05) is 13.1 Å². The normalized spacial score (nSPS) is 12.4. The summed E-state index contributed by atoms with van der Waals surface area (Å²) < 4.78 is 0. The van der Waals surface area contributed by atoms with Crippen molar-refractivity contribution < 1.29 is 0 Å². The summed E-state index contributed by atoms with van der Waals surface area (Å²) in [4.78, 5) is 2.26. The third-order valence-electron chi connectivity index (χ3n) is 2.52. The van der Waals surface area contributed by atoms with E-state index in [-0.39, 0.29) is 5.92 Å². The SMILES string of the molecule is CCN(Cc1ccc(Cl)cc1)CC(C)C#N. The minimum atomic E-state index is 0.0762. The molecule has 86 valence electrons. The van der Waals surface area contributed by atoms with Gasteiger partial charge in [0.2, 0.25) is 0 Å². The minimum absolute atomic E-state index is 0.0762. The zero-order valence-corrected chi connectivity index (χ0v) is 10.5. The Kier molecular flexibility index (Phi) is 5.31. The summed E-state index contributed by atoms with van der Waals surface area (Å²) in [5.41, 5.74) is 1.23. The van der Waals surface area contributed by atoms with E-state index in [1.54, 1.807) is 0 Å². The second-order valence-corrected chi connectivity index (χ2v) is 4.42. The minimum Gasteiger partial charge on any atom is -0.298 e. The third-order valence-corrected chi connectivity index (χ3v) is 2.77. The summed E-state index contributed by atoms with van der Waals surface area (Å²) in [6, 6.07) is 10.1. The molecule has 3 heteroatoms. The van der Waals surface area contributed by atoms with E-state index in [2.05, 4.69) is 17.9 Å². The van der Waals surface area contributed by atoms with Crippen LogP contribution < -0.4 is 0 Å². The Morgan fingerprint density at radius 1 is 1.38 bits per heavy atom. The van der Waals surface area contributed by atoms with Crippen LogP contribution in [-0.4, -0.2) is 18.0 Å². The van der Waals surface area contributed by atoms with Crippen molar-refractivity contribution in [3.8, 4) is 6.07 Å². The number of rotatable bonds is 5. The van der Waals surface area contributed by atoms with Crippen molar-refractivity contribution in [1.82, 2.24) is 4.90 Å². The fourth-order valence-corrected chi connectivity index (χ4v) is 1.71. The molecule has 1 aromatic rings. The van der Waals surface area contributed by atoms with Crippen LogP contribution in [0.4, 0.5) is 0 Å². The van der Waals surface area contributed by atoms with E-state index in [9.17, 15) is 0 Å². The van der Waals surface area contributed by atoms with Gasteiger partial charge in [0.25, 0.3) is 0 Å². The molecule has 0 heterocycles. The topological polar surface area (TPSA) is 27.0 Å². The number of halogens is 1. The molecule has 0 saturated carbocycles. The summed E-state index contributed by atoms with van der Waals surface area (Å²) in [7, 11) is 0. The second kappa shape index (κ2) is 6.52. The van der Waals surface area contributed by atoms with Crippen molar-refractivity contribution >= 4 is 11.6 Å². The van der Waals surface area contributed by atoms with Crippen molar-refractivity contribution in [2.45, 2.75) is 20.4 Å². The van der Waals surface area contributed by atoms with Crippen LogP contribution in [0.2, 0.25) is 5.02 Å². The summed E-state index contributed by atoms with van der Waals surface area (Å²) in [6.07, 6.45) is 0. The quantitative estimate of drug-likeness (QED) is 0.784. The van der Waals surface area contributed by atoms with Crippen LogP contribution in [-0.2, 0) is 6.54 Å². The molecule has 1 rings (SSSR count). The molecule has 1 atom stereocenters. The molecule has 0 amide bonds. The average molecular weight is 237 g/mol. The number of hydrogen-bond donors (Lipinski definition) is 0. The second-order valence-electron chi connectivity index (χ2n) is 3.98. The van der Waals surface area contributed by atoms with E-state index in [0.717, 1.165) is 24.7 Å². The monoisotopic (exact) mass is 236 g/mol. The van der Waals surface area contributed by atoms with E-state index in [4.69, 9.17) is 16.9 Å². The van der Waals surface area contributed by atoms with Crippen LogP contribution in [0.3, 0.4) is 0 Å². The molecule has 0 spiro atoms. The Morgan fingerprint density at radius 3 is 2.50 bits per heavy atom. The molecule has 1 aromatic carbocycles. The molecular weight excluding hydrogens is 220 g/mol. The molecule has 1 unspecified atom stereocenters. The smallest absolute Gasteiger partial charge is 0.0666 e. The maximum absolute atomic E-state index is 8.79. The number of nitriles is 1. The Bertz CT molecular complexity index is 353. The zero-order valence-electron chi connectivity index (χ0n) is 9.78. The Balaban J connectivity index is 2.56. The first-order valence-corrected chi connectivity index (χ1v) is 5.90. The van der Waals surface area contributed by atoms with Gasteiger partial charge in [0.05, 0.1) is 12.0 Å². The van der Waals surface area contributed by atoms with Gasteiger partial charge in [0, 0.05) is 18.1 Å². The highest BCUT2D eigenvalue weighted by Gasteiger charge is 2.08. The molecule has 0 aliphatic carbocycles. The van der Waals surface area contributed by atoms with Gasteiger partial charge in [-0.2, -0.15) is 5.26 Å². The average Bonchev–Trinajstić information content (AvgIpc) is 2.30. The van der Waals surface area contributed by atoms with Crippen LogP contribution in [0, 0.1) is 17.2 Å². The molecule has 0 bridgehead atoms. The summed E-state index contributed by atoms with van der Waals surface area (Å²) in [6.45, 7) is 6.70. The fraction of sp³-hybridized carbons (Fsp3) is 0.462. The molecule has 2 nitrogen and oxygen atoms in total. The lowest BCUT2D eigenvalue weighted by molar-refractivity contribution is 0.260. The van der Waals surface area contributed by atoms with Gasteiger partial charge in [-0.1, -0.05) is 30.7 Å². The number of hydrogen-bond acceptors (Lipinski definition) is 2. The van der Waals surface area contributed by atoms with Crippen LogP contribution in [0.25, 0.3) is 0 Å². The maximum Gasteiger partial charge on any atom is 0.0666 e. The molecule has 0 aliphatic heterocycles. The number of nitrogens with zero attached hydrogens (tertiary/aromatic N) is 2. The van der Waals surface area contributed by atoms with Gasteiger partial charge in [-0.05, 0) is 31.2 Å².